The van der Waals surface area contributed by atoms with Crippen LogP contribution in [0.25, 0.3) is 0 Å². The molecule has 1 N–H and O–H groups in total. The number of ether oxygens (including phenoxy) is 1. The highest BCUT2D eigenvalue weighted by Gasteiger charge is 2.27. The van der Waals surface area contributed by atoms with Crippen molar-refractivity contribution in [2.45, 2.75) is 19.1 Å². The lowest BCUT2D eigenvalue weighted by Gasteiger charge is -2.40. The van der Waals surface area contributed by atoms with Gasteiger partial charge in [0.15, 0.2) is 5.78 Å². The van der Waals surface area contributed by atoms with Crippen LogP contribution >= 0.6 is 0 Å². The van der Waals surface area contributed by atoms with E-state index in [2.05, 4.69) is 70.5 Å². The number of carbonyl (C=O) groups excluding carboxylic acids is 1. The van der Waals surface area contributed by atoms with Gasteiger partial charge in [0.05, 0.1) is 6.04 Å². The number of aliphatic hydroxyl groups is 1. The Kier molecular flexibility index (Phi) is 7.89. The number of carbonyl (C=O) groups is 1. The molecule has 4 rings (SSSR count). The predicted molar refractivity (Wildman–Crippen MR) is 131 cm³/mol. The van der Waals surface area contributed by atoms with Crippen molar-refractivity contribution in [1.82, 2.24) is 9.80 Å². The molecular formula is C28H32N2O3. The first kappa shape index (κ1) is 23.2. The quantitative estimate of drug-likeness (QED) is 0.505. The van der Waals surface area contributed by atoms with Crippen molar-refractivity contribution in [3.05, 3.63) is 102 Å². The van der Waals surface area contributed by atoms with Crippen LogP contribution in [0, 0.1) is 0 Å². The van der Waals surface area contributed by atoms with Gasteiger partial charge in [-0.1, -0.05) is 60.7 Å². The first-order valence-electron chi connectivity index (χ1n) is 11.6. The van der Waals surface area contributed by atoms with Crippen molar-refractivity contribution in [2.75, 3.05) is 39.3 Å². The van der Waals surface area contributed by atoms with Crippen molar-refractivity contribution in [3.8, 4) is 5.75 Å². The highest BCUT2D eigenvalue weighted by molar-refractivity contribution is 5.94. The van der Waals surface area contributed by atoms with Crippen LogP contribution in [0.5, 0.6) is 5.75 Å². The number of piperazine rings is 1. The molecule has 3 aromatic rings. The number of hydrogen-bond donors (Lipinski definition) is 1. The average molecular weight is 445 g/mol. The van der Waals surface area contributed by atoms with E-state index in [0.29, 0.717) is 17.9 Å². The zero-order chi connectivity index (χ0) is 23.0. The third kappa shape index (κ3) is 6.29. The summed E-state index contributed by atoms with van der Waals surface area (Å²) in [6.45, 7) is 6.04. The van der Waals surface area contributed by atoms with Gasteiger partial charge in [0, 0.05) is 38.3 Å². The van der Waals surface area contributed by atoms with E-state index in [9.17, 15) is 9.90 Å². The minimum Gasteiger partial charge on any atom is -0.491 e. The minimum atomic E-state index is -0.567. The lowest BCUT2D eigenvalue weighted by Crippen LogP contribution is -2.50. The van der Waals surface area contributed by atoms with Crippen molar-refractivity contribution >= 4 is 5.78 Å². The third-order valence-corrected chi connectivity index (χ3v) is 6.17. The molecule has 1 atom stereocenters. The van der Waals surface area contributed by atoms with Gasteiger partial charge in [0.25, 0.3) is 0 Å². The second-order valence-corrected chi connectivity index (χ2v) is 8.61. The molecule has 0 bridgehead atoms. The summed E-state index contributed by atoms with van der Waals surface area (Å²) in [5, 5.41) is 10.5. The fraction of sp³-hybridized carbons (Fsp3) is 0.321. The molecule has 172 valence electrons. The Morgan fingerprint density at radius 3 is 1.91 bits per heavy atom. The van der Waals surface area contributed by atoms with Gasteiger partial charge < -0.3 is 9.84 Å². The van der Waals surface area contributed by atoms with Gasteiger partial charge in [0.2, 0.25) is 0 Å². The number of benzene rings is 3. The van der Waals surface area contributed by atoms with Crippen LogP contribution in [0.15, 0.2) is 84.9 Å². The van der Waals surface area contributed by atoms with Crippen LogP contribution in [-0.4, -0.2) is 66.1 Å². The molecule has 1 saturated heterocycles. The molecule has 0 aliphatic carbocycles. The zero-order valence-corrected chi connectivity index (χ0v) is 19.1. The molecule has 5 nitrogen and oxygen atoms in total. The number of hydrogen-bond acceptors (Lipinski definition) is 5. The minimum absolute atomic E-state index is 0.0301. The van der Waals surface area contributed by atoms with Gasteiger partial charge in [-0.05, 0) is 42.3 Å². The maximum absolute atomic E-state index is 11.4. The summed E-state index contributed by atoms with van der Waals surface area (Å²) in [5.74, 6) is 0.694. The van der Waals surface area contributed by atoms with E-state index in [1.165, 1.54) is 11.1 Å². The highest BCUT2D eigenvalue weighted by Crippen LogP contribution is 2.29. The van der Waals surface area contributed by atoms with Gasteiger partial charge in [-0.15, -0.1) is 0 Å². The lowest BCUT2D eigenvalue weighted by molar-refractivity contribution is 0.0401. The normalized spacial score (nSPS) is 16.0. The van der Waals surface area contributed by atoms with Crippen LogP contribution < -0.4 is 4.74 Å². The van der Waals surface area contributed by atoms with Crippen LogP contribution in [0.4, 0.5) is 0 Å². The van der Waals surface area contributed by atoms with E-state index in [4.69, 9.17) is 4.74 Å². The monoisotopic (exact) mass is 444 g/mol. The molecule has 0 amide bonds. The van der Waals surface area contributed by atoms with Gasteiger partial charge in [-0.25, -0.2) is 0 Å². The third-order valence-electron chi connectivity index (χ3n) is 6.17. The standard InChI is InChI=1S/C28H32N2O3/c1-22(31)23-12-14-27(15-13-23)33-21-26(32)20-29-16-18-30(19-17-29)28(24-8-4-2-5-9-24)25-10-6-3-7-11-25/h2-15,26,28,32H,16-21H2,1H3/t26-/m1/s1. The van der Waals surface area contributed by atoms with E-state index in [1.54, 1.807) is 31.2 Å². The summed E-state index contributed by atoms with van der Waals surface area (Å²) < 4.78 is 5.72. The molecule has 0 unspecified atom stereocenters. The number of Topliss-reactive ketones (excluding diaryl/α,β-unsaturated/α-hetero) is 1. The smallest absolute Gasteiger partial charge is 0.159 e. The van der Waals surface area contributed by atoms with Crippen molar-refractivity contribution < 1.29 is 14.6 Å². The van der Waals surface area contributed by atoms with E-state index >= 15 is 0 Å². The molecule has 0 radical (unpaired) electrons. The maximum Gasteiger partial charge on any atom is 0.159 e. The molecule has 33 heavy (non-hydrogen) atoms. The number of rotatable bonds is 9. The van der Waals surface area contributed by atoms with Gasteiger partial charge in [-0.2, -0.15) is 0 Å². The van der Waals surface area contributed by atoms with Crippen molar-refractivity contribution in [3.63, 3.8) is 0 Å². The summed E-state index contributed by atoms with van der Waals surface area (Å²) in [5.41, 5.74) is 3.27. The van der Waals surface area contributed by atoms with Crippen LogP contribution in [0.3, 0.4) is 0 Å². The van der Waals surface area contributed by atoms with Gasteiger partial charge in [-0.3, -0.25) is 14.6 Å². The molecule has 1 heterocycles. The Morgan fingerprint density at radius 2 is 1.39 bits per heavy atom. The van der Waals surface area contributed by atoms with E-state index < -0.39 is 6.10 Å². The average Bonchev–Trinajstić information content (AvgIpc) is 2.85. The Morgan fingerprint density at radius 1 is 0.848 bits per heavy atom. The second-order valence-electron chi connectivity index (χ2n) is 8.61. The lowest BCUT2D eigenvalue weighted by atomic mass is 9.96. The molecule has 5 heteroatoms. The van der Waals surface area contributed by atoms with E-state index in [-0.39, 0.29) is 18.4 Å². The fourth-order valence-electron chi connectivity index (χ4n) is 4.42. The summed E-state index contributed by atoms with van der Waals surface area (Å²) in [6, 6.07) is 28.6. The highest BCUT2D eigenvalue weighted by atomic mass is 16.5. The number of aliphatic hydroxyl groups excluding tert-OH is 1. The van der Waals surface area contributed by atoms with Crippen LogP contribution in [-0.2, 0) is 0 Å². The second kappa shape index (κ2) is 11.2. The van der Waals surface area contributed by atoms with E-state index in [1.807, 2.05) is 0 Å². The maximum atomic E-state index is 11.4. The Hall–Kier alpha value is -2.99. The Balaban J connectivity index is 1.30. The molecular weight excluding hydrogens is 412 g/mol. The van der Waals surface area contributed by atoms with Crippen molar-refractivity contribution in [1.29, 1.82) is 0 Å². The Labute approximate surface area is 196 Å². The molecule has 1 fully saturated rings. The predicted octanol–water partition coefficient (Wildman–Crippen LogP) is 4.04. The Bertz CT molecular complexity index is 961. The molecule has 1 aliphatic rings. The van der Waals surface area contributed by atoms with Gasteiger partial charge >= 0.3 is 0 Å². The summed E-state index contributed by atoms with van der Waals surface area (Å²) in [4.78, 5) is 16.2. The summed E-state index contributed by atoms with van der Waals surface area (Å²) >= 11 is 0. The molecule has 0 aromatic heterocycles. The molecule has 1 aliphatic heterocycles. The summed E-state index contributed by atoms with van der Waals surface area (Å²) in [6.07, 6.45) is -0.567. The number of nitrogens with zero attached hydrogens (tertiary/aromatic N) is 2. The van der Waals surface area contributed by atoms with Crippen molar-refractivity contribution in [2.24, 2.45) is 0 Å². The number of ketones is 1. The van der Waals surface area contributed by atoms with Crippen LogP contribution in [0.1, 0.15) is 34.5 Å². The zero-order valence-electron chi connectivity index (χ0n) is 19.1. The van der Waals surface area contributed by atoms with Crippen LogP contribution in [0.2, 0.25) is 0 Å². The molecule has 0 saturated carbocycles. The first-order chi connectivity index (χ1) is 16.1. The number of β-amino-alcohol motifs (C(OH)–C–C–N with tert-alkyl or cyclic N) is 1. The fourth-order valence-corrected chi connectivity index (χ4v) is 4.42. The van der Waals surface area contributed by atoms with E-state index in [0.717, 1.165) is 26.2 Å². The van der Waals surface area contributed by atoms with Gasteiger partial charge in [0.1, 0.15) is 18.5 Å². The molecule has 3 aromatic carbocycles. The first-order valence-corrected chi connectivity index (χ1v) is 11.6. The molecule has 0 spiro atoms. The summed E-state index contributed by atoms with van der Waals surface area (Å²) in [7, 11) is 0. The SMILES string of the molecule is CC(=O)c1ccc(OC[C@H](O)CN2CCN(C(c3ccccc3)c3ccccc3)CC2)cc1. The topological polar surface area (TPSA) is 53.0 Å². The largest absolute Gasteiger partial charge is 0.491 e.